The van der Waals surface area contributed by atoms with Crippen LogP contribution in [0, 0.1) is 17.7 Å². The van der Waals surface area contributed by atoms with E-state index in [1.165, 1.54) is 24.3 Å². The highest BCUT2D eigenvalue weighted by atomic mass is 35.5. The third-order valence-corrected chi connectivity index (χ3v) is 9.41. The molecule has 2 aliphatic carbocycles. The second-order valence-corrected chi connectivity index (χ2v) is 11.2. The number of hydrogen-bond acceptors (Lipinski definition) is 5. The number of phenolic OH excluding ortho intramolecular Hbond substituents is 1. The molecule has 2 aromatic carbocycles. The fourth-order valence-corrected chi connectivity index (χ4v) is 7.25. The lowest BCUT2D eigenvalue weighted by molar-refractivity contribution is -0.0413. The molecule has 0 aliphatic heterocycles. The fourth-order valence-electron chi connectivity index (χ4n) is 4.85. The molecular weight excluding hydrogens is 445 g/mol. The average Bonchev–Trinajstić information content (AvgIpc) is 2.87. The van der Waals surface area contributed by atoms with Gasteiger partial charge in [-0.25, -0.2) is 12.8 Å². The third kappa shape index (κ3) is 3.92. The quantitative estimate of drug-likeness (QED) is 0.626. The van der Waals surface area contributed by atoms with Crippen molar-refractivity contribution >= 4 is 33.0 Å². The van der Waals surface area contributed by atoms with Gasteiger partial charge in [0.25, 0.3) is 5.91 Å². The minimum atomic E-state index is -3.82. The summed E-state index contributed by atoms with van der Waals surface area (Å²) in [7, 11) is -3.82. The zero-order chi connectivity index (χ0) is 22.6. The van der Waals surface area contributed by atoms with E-state index in [0.717, 1.165) is 25.0 Å². The monoisotopic (exact) mass is 467 g/mol. The van der Waals surface area contributed by atoms with Crippen LogP contribution in [0.4, 0.5) is 10.1 Å². The molecule has 0 aromatic heterocycles. The molecule has 2 saturated carbocycles. The Hall–Kier alpha value is -2.16. The van der Waals surface area contributed by atoms with Crippen LogP contribution in [-0.2, 0) is 9.84 Å². The second kappa shape index (κ2) is 7.76. The van der Waals surface area contributed by atoms with Crippen molar-refractivity contribution in [3.05, 3.63) is 52.8 Å². The largest absolute Gasteiger partial charge is 0.505 e. The van der Waals surface area contributed by atoms with Crippen molar-refractivity contribution in [1.29, 1.82) is 0 Å². The molecule has 4 atom stereocenters. The molecule has 2 bridgehead atoms. The zero-order valence-corrected chi connectivity index (χ0v) is 18.4. The SMILES string of the molecule is C[C@@]1(O)C2CC[C@H]1C[C@H](S(=O)(=O)c1cc(C(=O)Nc3ccc(F)c(O)c3)ccc1Cl)C2. The number of aromatic hydroxyl groups is 1. The molecule has 2 aliphatic rings. The zero-order valence-electron chi connectivity index (χ0n) is 16.8. The van der Waals surface area contributed by atoms with Crippen molar-refractivity contribution in [3.63, 3.8) is 0 Å². The van der Waals surface area contributed by atoms with Crippen LogP contribution in [0.1, 0.15) is 43.0 Å². The van der Waals surface area contributed by atoms with Crippen molar-refractivity contribution in [2.45, 2.75) is 48.4 Å². The lowest BCUT2D eigenvalue weighted by atomic mass is 9.76. The Balaban J connectivity index is 1.60. The van der Waals surface area contributed by atoms with Crippen molar-refractivity contribution in [3.8, 4) is 5.75 Å². The van der Waals surface area contributed by atoms with Crippen LogP contribution in [0.25, 0.3) is 0 Å². The molecule has 0 spiro atoms. The number of phenols is 1. The van der Waals surface area contributed by atoms with Gasteiger partial charge in [-0.05, 0) is 74.8 Å². The Labute approximate surface area is 185 Å². The number of amides is 1. The Kier molecular flexibility index (Phi) is 5.52. The van der Waals surface area contributed by atoms with E-state index >= 15 is 0 Å². The van der Waals surface area contributed by atoms with Crippen LogP contribution < -0.4 is 5.32 Å². The number of anilines is 1. The van der Waals surface area contributed by atoms with E-state index in [1.54, 1.807) is 6.92 Å². The maximum absolute atomic E-state index is 13.4. The topological polar surface area (TPSA) is 104 Å². The minimum Gasteiger partial charge on any atom is -0.505 e. The molecule has 6 nitrogen and oxygen atoms in total. The number of carbonyl (C=O) groups is 1. The third-order valence-electron chi connectivity index (χ3n) is 6.75. The maximum Gasteiger partial charge on any atom is 0.255 e. The molecule has 4 rings (SSSR count). The normalized spacial score (nSPS) is 27.8. The molecule has 0 heterocycles. The molecule has 31 heavy (non-hydrogen) atoms. The van der Waals surface area contributed by atoms with Gasteiger partial charge in [0.05, 0.1) is 20.8 Å². The van der Waals surface area contributed by atoms with E-state index in [9.17, 15) is 27.8 Å². The molecule has 0 radical (unpaired) electrons. The molecular formula is C22H23ClFNO5S. The predicted molar refractivity (Wildman–Crippen MR) is 115 cm³/mol. The van der Waals surface area contributed by atoms with Crippen molar-refractivity contribution in [2.24, 2.45) is 11.8 Å². The van der Waals surface area contributed by atoms with Gasteiger partial charge in [0.2, 0.25) is 0 Å². The molecule has 9 heteroatoms. The van der Waals surface area contributed by atoms with Gasteiger partial charge < -0.3 is 15.5 Å². The number of benzene rings is 2. The summed E-state index contributed by atoms with van der Waals surface area (Å²) in [5, 5.41) is 22.0. The van der Waals surface area contributed by atoms with Gasteiger partial charge in [0.1, 0.15) is 0 Å². The number of fused-ring (bicyclic) bond motifs is 2. The molecule has 1 amide bonds. The van der Waals surface area contributed by atoms with E-state index in [1.807, 2.05) is 0 Å². The standard InChI is InChI=1S/C22H23ClFNO5S/c1-22(28)13-3-4-14(22)10-16(9-13)31(29,30)20-8-12(2-6-17(20)23)21(27)25-15-5-7-18(24)19(26)11-15/h2,5-8,11,13-14,16,26,28H,3-4,9-10H2,1H3,(H,25,27)/t13-,14?,16-,22-/m0/s1. The van der Waals surface area contributed by atoms with Gasteiger partial charge in [0.15, 0.2) is 21.4 Å². The van der Waals surface area contributed by atoms with E-state index in [0.29, 0.717) is 12.8 Å². The minimum absolute atomic E-state index is 0.0284. The Bertz CT molecular complexity index is 1130. The van der Waals surface area contributed by atoms with Crippen molar-refractivity contribution < 1.29 is 27.8 Å². The molecule has 2 aromatic rings. The molecule has 3 N–H and O–H groups in total. The molecule has 1 unspecified atom stereocenters. The number of halogens is 2. The summed E-state index contributed by atoms with van der Waals surface area (Å²) in [6.45, 7) is 1.78. The van der Waals surface area contributed by atoms with E-state index < -0.39 is 38.2 Å². The first kappa shape index (κ1) is 22.0. The Morgan fingerprint density at radius 1 is 1.16 bits per heavy atom. The molecule has 2 fully saturated rings. The van der Waals surface area contributed by atoms with E-state index in [-0.39, 0.29) is 33.0 Å². The Morgan fingerprint density at radius 3 is 2.42 bits per heavy atom. The highest BCUT2D eigenvalue weighted by molar-refractivity contribution is 7.92. The van der Waals surface area contributed by atoms with Gasteiger partial charge in [-0.1, -0.05) is 11.6 Å². The van der Waals surface area contributed by atoms with Crippen LogP contribution in [0.2, 0.25) is 5.02 Å². The number of hydrogen-bond donors (Lipinski definition) is 3. The highest BCUT2D eigenvalue weighted by Gasteiger charge is 2.53. The summed E-state index contributed by atoms with van der Waals surface area (Å²) in [5.41, 5.74) is -0.620. The van der Waals surface area contributed by atoms with E-state index in [4.69, 9.17) is 11.6 Å². The number of sulfone groups is 1. The lowest BCUT2D eigenvalue weighted by Gasteiger charge is -2.40. The number of aliphatic hydroxyl groups is 1. The maximum atomic E-state index is 13.4. The molecule has 0 saturated heterocycles. The first-order chi connectivity index (χ1) is 14.5. The summed E-state index contributed by atoms with van der Waals surface area (Å²) >= 11 is 6.21. The van der Waals surface area contributed by atoms with Gasteiger partial charge in [-0.3, -0.25) is 4.79 Å². The summed E-state index contributed by atoms with van der Waals surface area (Å²) in [5.74, 6) is -2.21. The Morgan fingerprint density at radius 2 is 1.81 bits per heavy atom. The second-order valence-electron chi connectivity index (χ2n) is 8.60. The van der Waals surface area contributed by atoms with Crippen molar-refractivity contribution in [1.82, 2.24) is 0 Å². The van der Waals surface area contributed by atoms with Crippen LogP contribution in [0.5, 0.6) is 5.75 Å². The first-order valence-corrected chi connectivity index (χ1v) is 12.0. The smallest absolute Gasteiger partial charge is 0.255 e. The van der Waals surface area contributed by atoms with Crippen molar-refractivity contribution in [2.75, 3.05) is 5.32 Å². The van der Waals surface area contributed by atoms with Crippen LogP contribution in [-0.4, -0.2) is 35.4 Å². The summed E-state index contributed by atoms with van der Waals surface area (Å²) in [6, 6.07) is 7.35. The number of nitrogens with one attached hydrogen (secondary N) is 1. The van der Waals surface area contributed by atoms with E-state index in [2.05, 4.69) is 5.32 Å². The predicted octanol–water partition coefficient (Wildman–Crippen LogP) is 4.15. The number of carbonyl (C=O) groups excluding carboxylic acids is 1. The molecule has 166 valence electrons. The average molecular weight is 468 g/mol. The van der Waals surface area contributed by atoms with Gasteiger partial charge in [-0.2, -0.15) is 0 Å². The van der Waals surface area contributed by atoms with Gasteiger partial charge >= 0.3 is 0 Å². The number of rotatable bonds is 4. The van der Waals surface area contributed by atoms with Gasteiger partial charge in [0, 0.05) is 17.3 Å². The van der Waals surface area contributed by atoms with Crippen LogP contribution in [0.3, 0.4) is 0 Å². The fraction of sp³-hybridized carbons (Fsp3) is 0.409. The highest BCUT2D eigenvalue weighted by Crippen LogP contribution is 2.51. The summed E-state index contributed by atoms with van der Waals surface area (Å²) < 4.78 is 40.0. The van der Waals surface area contributed by atoms with Crippen LogP contribution in [0.15, 0.2) is 41.3 Å². The lowest BCUT2D eigenvalue weighted by Crippen LogP contribution is -2.45. The summed E-state index contributed by atoms with van der Waals surface area (Å²) in [6.07, 6.45) is 2.30. The first-order valence-electron chi connectivity index (χ1n) is 10.1. The van der Waals surface area contributed by atoms with Crippen LogP contribution >= 0.6 is 11.6 Å². The van der Waals surface area contributed by atoms with Gasteiger partial charge in [-0.15, -0.1) is 0 Å². The summed E-state index contributed by atoms with van der Waals surface area (Å²) in [4.78, 5) is 12.5.